The normalized spacial score (nSPS) is 11.4. The lowest BCUT2D eigenvalue weighted by molar-refractivity contribution is -0.159. The number of carbonyl (C=O) groups is 2. The van der Waals surface area contributed by atoms with Gasteiger partial charge in [-0.1, -0.05) is 0 Å². The van der Waals surface area contributed by atoms with Gasteiger partial charge in [0.25, 0.3) is 0 Å². The molecular formula is C6H13NO5. The third-order valence-corrected chi connectivity index (χ3v) is 0.930. The first kappa shape index (κ1) is 13.4. The van der Waals surface area contributed by atoms with E-state index in [-0.39, 0.29) is 6.23 Å². The molecule has 0 aromatic rings. The fraction of sp³-hybridized carbons (Fsp3) is 0.667. The van der Waals surface area contributed by atoms with Crippen LogP contribution in [0.5, 0.6) is 0 Å². The number of hydrogen-bond donors (Lipinski definition) is 3. The molecule has 0 aromatic heterocycles. The summed E-state index contributed by atoms with van der Waals surface area (Å²) in [4.78, 5) is 19.9. The van der Waals surface area contributed by atoms with Crippen molar-refractivity contribution >= 4 is 11.9 Å². The Morgan fingerprint density at radius 2 is 1.33 bits per heavy atom. The first-order valence-electron chi connectivity index (χ1n) is 3.09. The molecule has 0 heterocycles. The van der Waals surface area contributed by atoms with Gasteiger partial charge in [0.05, 0.1) is 0 Å². The highest BCUT2D eigenvalue weighted by molar-refractivity contribution is 6.27. The van der Waals surface area contributed by atoms with Gasteiger partial charge in [0.2, 0.25) is 0 Å². The molecule has 6 nitrogen and oxygen atoms in total. The van der Waals surface area contributed by atoms with Gasteiger partial charge in [0.15, 0.2) is 0 Å². The second-order valence-corrected chi connectivity index (χ2v) is 2.21. The number of carboxylic acid groups (broad SMARTS) is 2. The van der Waals surface area contributed by atoms with Crippen molar-refractivity contribution in [2.24, 2.45) is 0 Å². The van der Waals surface area contributed by atoms with Gasteiger partial charge in [-0.25, -0.2) is 9.59 Å². The van der Waals surface area contributed by atoms with Crippen molar-refractivity contribution in [3.05, 3.63) is 0 Å². The third kappa shape index (κ3) is 11.6. The van der Waals surface area contributed by atoms with Crippen LogP contribution >= 0.6 is 0 Å². The summed E-state index contributed by atoms with van der Waals surface area (Å²) in [5, 5.41) is 23.3. The molecule has 0 aliphatic rings. The molecule has 0 saturated carbocycles. The smallest absolute Gasteiger partial charge is 0.414 e. The van der Waals surface area contributed by atoms with Gasteiger partial charge in [-0.3, -0.25) is 4.90 Å². The van der Waals surface area contributed by atoms with Crippen LogP contribution in [0.15, 0.2) is 0 Å². The summed E-state index contributed by atoms with van der Waals surface area (Å²) in [6.45, 7) is 1.72. The van der Waals surface area contributed by atoms with Crippen LogP contribution in [0.2, 0.25) is 0 Å². The summed E-state index contributed by atoms with van der Waals surface area (Å²) in [6, 6.07) is 0. The first-order valence-corrected chi connectivity index (χ1v) is 3.09. The Morgan fingerprint density at radius 3 is 1.33 bits per heavy atom. The molecular weight excluding hydrogens is 166 g/mol. The average molecular weight is 179 g/mol. The molecule has 0 bridgehead atoms. The quantitative estimate of drug-likeness (QED) is 0.354. The minimum Gasteiger partial charge on any atom is -0.473 e. The molecule has 1 unspecified atom stereocenters. The van der Waals surface area contributed by atoms with E-state index in [9.17, 15) is 0 Å². The molecule has 0 radical (unpaired) electrons. The maximum atomic E-state index is 9.10. The van der Waals surface area contributed by atoms with E-state index >= 15 is 0 Å². The van der Waals surface area contributed by atoms with Gasteiger partial charge in [0.1, 0.15) is 6.23 Å². The standard InChI is InChI=1S/C4H11NO.C2H2O4/c1-4(6)5(2)3;3-1(4)2(5)6/h4,6H,1-3H3;(H,3,4)(H,5,6). The zero-order valence-corrected chi connectivity index (χ0v) is 7.18. The molecule has 1 atom stereocenters. The highest BCUT2D eigenvalue weighted by Gasteiger charge is 2.04. The van der Waals surface area contributed by atoms with Crippen molar-refractivity contribution < 1.29 is 24.9 Å². The fourth-order valence-corrected chi connectivity index (χ4v) is 0. The predicted molar refractivity (Wildman–Crippen MR) is 40.6 cm³/mol. The van der Waals surface area contributed by atoms with E-state index in [1.807, 2.05) is 14.1 Å². The molecule has 0 aliphatic heterocycles. The van der Waals surface area contributed by atoms with Crippen LogP contribution in [-0.2, 0) is 9.59 Å². The van der Waals surface area contributed by atoms with Crippen molar-refractivity contribution in [2.45, 2.75) is 13.2 Å². The lowest BCUT2D eigenvalue weighted by Crippen LogP contribution is -2.23. The topological polar surface area (TPSA) is 98.1 Å². The van der Waals surface area contributed by atoms with E-state index in [2.05, 4.69) is 0 Å². The lowest BCUT2D eigenvalue weighted by atomic mass is 10.6. The van der Waals surface area contributed by atoms with E-state index in [4.69, 9.17) is 24.9 Å². The van der Waals surface area contributed by atoms with Gasteiger partial charge in [0, 0.05) is 0 Å². The molecule has 0 fully saturated rings. The molecule has 0 aliphatic carbocycles. The van der Waals surface area contributed by atoms with Crippen LogP contribution in [0.4, 0.5) is 0 Å². The number of hydrogen-bond acceptors (Lipinski definition) is 4. The zero-order chi connectivity index (χ0) is 10.3. The fourth-order valence-electron chi connectivity index (χ4n) is 0. The van der Waals surface area contributed by atoms with Crippen molar-refractivity contribution in [2.75, 3.05) is 14.1 Å². The Labute approximate surface area is 70.0 Å². The lowest BCUT2D eigenvalue weighted by Gasteiger charge is -2.11. The Bertz CT molecular complexity index is 136. The maximum Gasteiger partial charge on any atom is 0.414 e. The Balaban J connectivity index is 0. The highest BCUT2D eigenvalue weighted by atomic mass is 16.4. The van der Waals surface area contributed by atoms with Gasteiger partial charge in [-0.15, -0.1) is 0 Å². The molecule has 12 heavy (non-hydrogen) atoms. The van der Waals surface area contributed by atoms with E-state index in [1.54, 1.807) is 11.8 Å². The second kappa shape index (κ2) is 6.56. The van der Waals surface area contributed by atoms with E-state index < -0.39 is 11.9 Å². The molecule has 72 valence electrons. The number of aliphatic hydroxyl groups excluding tert-OH is 1. The number of carboxylic acids is 2. The minimum absolute atomic E-state index is 0.315. The number of nitrogens with zero attached hydrogens (tertiary/aromatic N) is 1. The molecule has 0 aromatic carbocycles. The van der Waals surface area contributed by atoms with Gasteiger partial charge in [-0.2, -0.15) is 0 Å². The summed E-state index contributed by atoms with van der Waals surface area (Å²) < 4.78 is 0. The summed E-state index contributed by atoms with van der Waals surface area (Å²) in [5.41, 5.74) is 0. The van der Waals surface area contributed by atoms with Crippen LogP contribution in [0.3, 0.4) is 0 Å². The summed E-state index contributed by atoms with van der Waals surface area (Å²) in [6.07, 6.45) is -0.315. The molecule has 3 N–H and O–H groups in total. The first-order chi connectivity index (χ1) is 5.29. The van der Waals surface area contributed by atoms with Crippen molar-refractivity contribution in [3.63, 3.8) is 0 Å². The Morgan fingerprint density at radius 1 is 1.17 bits per heavy atom. The van der Waals surface area contributed by atoms with Gasteiger partial charge in [-0.05, 0) is 21.0 Å². The molecule has 0 amide bonds. The molecule has 0 saturated heterocycles. The van der Waals surface area contributed by atoms with Gasteiger partial charge < -0.3 is 15.3 Å². The van der Waals surface area contributed by atoms with E-state index in [0.717, 1.165) is 0 Å². The minimum atomic E-state index is -1.82. The van der Waals surface area contributed by atoms with Crippen LogP contribution in [0.25, 0.3) is 0 Å². The number of aliphatic hydroxyl groups is 1. The SMILES string of the molecule is CC(O)N(C)C.O=C(O)C(=O)O. The average Bonchev–Trinajstić information content (AvgIpc) is 1.88. The Kier molecular flexibility index (Phi) is 7.36. The molecule has 0 rings (SSSR count). The number of rotatable bonds is 1. The predicted octanol–water partition coefficient (Wildman–Crippen LogP) is -0.958. The Hall–Kier alpha value is -1.14. The number of aliphatic carboxylic acids is 2. The van der Waals surface area contributed by atoms with Crippen molar-refractivity contribution in [3.8, 4) is 0 Å². The monoisotopic (exact) mass is 179 g/mol. The molecule has 0 spiro atoms. The largest absolute Gasteiger partial charge is 0.473 e. The summed E-state index contributed by atoms with van der Waals surface area (Å²) in [7, 11) is 3.65. The highest BCUT2D eigenvalue weighted by Crippen LogP contribution is 1.79. The maximum absolute atomic E-state index is 9.10. The van der Waals surface area contributed by atoms with E-state index in [0.29, 0.717) is 0 Å². The third-order valence-electron chi connectivity index (χ3n) is 0.930. The van der Waals surface area contributed by atoms with E-state index in [1.165, 1.54) is 0 Å². The van der Waals surface area contributed by atoms with Crippen LogP contribution in [0, 0.1) is 0 Å². The summed E-state index contributed by atoms with van der Waals surface area (Å²) >= 11 is 0. The van der Waals surface area contributed by atoms with Gasteiger partial charge >= 0.3 is 11.9 Å². The van der Waals surface area contributed by atoms with Crippen molar-refractivity contribution in [1.82, 2.24) is 4.90 Å². The van der Waals surface area contributed by atoms with Crippen LogP contribution in [0.1, 0.15) is 6.92 Å². The molecule has 6 heteroatoms. The van der Waals surface area contributed by atoms with Crippen molar-refractivity contribution in [1.29, 1.82) is 0 Å². The van der Waals surface area contributed by atoms with Crippen LogP contribution < -0.4 is 0 Å². The van der Waals surface area contributed by atoms with Crippen LogP contribution in [-0.4, -0.2) is 52.5 Å². The zero-order valence-electron chi connectivity index (χ0n) is 7.18. The summed E-state index contributed by atoms with van der Waals surface area (Å²) in [5.74, 6) is -3.65. The second-order valence-electron chi connectivity index (χ2n) is 2.21.